The first-order chi connectivity index (χ1) is 7.54. The van der Waals surface area contributed by atoms with E-state index < -0.39 is 12.0 Å². The van der Waals surface area contributed by atoms with Crippen molar-refractivity contribution in [2.45, 2.75) is 19.1 Å². The topological polar surface area (TPSA) is 72.5 Å². The first-order valence-corrected chi connectivity index (χ1v) is 5.17. The van der Waals surface area contributed by atoms with Crippen LogP contribution in [0.15, 0.2) is 18.2 Å². The molecule has 1 unspecified atom stereocenters. The lowest BCUT2D eigenvalue weighted by molar-refractivity contribution is -0.137. The number of halogens is 1. The van der Waals surface area contributed by atoms with Crippen molar-refractivity contribution in [3.63, 3.8) is 0 Å². The zero-order valence-electron chi connectivity index (χ0n) is 8.94. The highest BCUT2D eigenvalue weighted by molar-refractivity contribution is 6.30. The van der Waals surface area contributed by atoms with E-state index in [1.54, 1.807) is 25.3 Å². The Kier molecular flexibility index (Phi) is 4.73. The van der Waals surface area contributed by atoms with E-state index in [2.05, 4.69) is 0 Å². The number of rotatable bonds is 5. The van der Waals surface area contributed by atoms with Crippen LogP contribution < -0.4 is 5.73 Å². The molecule has 88 valence electrons. The van der Waals surface area contributed by atoms with Gasteiger partial charge in [-0.15, -0.1) is 0 Å². The van der Waals surface area contributed by atoms with Gasteiger partial charge in [0.05, 0.1) is 13.0 Å². The number of aliphatic carboxylic acids is 1. The molecule has 0 aliphatic rings. The molecule has 5 heteroatoms. The van der Waals surface area contributed by atoms with Crippen LogP contribution in [0.3, 0.4) is 0 Å². The van der Waals surface area contributed by atoms with Crippen molar-refractivity contribution in [2.24, 2.45) is 5.73 Å². The van der Waals surface area contributed by atoms with E-state index in [1.165, 1.54) is 0 Å². The van der Waals surface area contributed by atoms with Crippen molar-refractivity contribution in [2.75, 3.05) is 7.11 Å². The molecule has 3 N–H and O–H groups in total. The summed E-state index contributed by atoms with van der Waals surface area (Å²) in [7, 11) is 1.56. The molecule has 0 spiro atoms. The molecule has 0 aliphatic carbocycles. The summed E-state index contributed by atoms with van der Waals surface area (Å²) in [4.78, 5) is 10.6. The van der Waals surface area contributed by atoms with Crippen molar-refractivity contribution in [3.05, 3.63) is 34.3 Å². The zero-order chi connectivity index (χ0) is 12.1. The predicted molar refractivity (Wildman–Crippen MR) is 61.3 cm³/mol. The summed E-state index contributed by atoms with van der Waals surface area (Å²) in [5, 5.41) is 9.27. The van der Waals surface area contributed by atoms with E-state index in [0.717, 1.165) is 11.1 Å². The second-order valence-corrected chi connectivity index (χ2v) is 3.92. The van der Waals surface area contributed by atoms with Gasteiger partial charge in [-0.1, -0.05) is 17.7 Å². The summed E-state index contributed by atoms with van der Waals surface area (Å²) >= 11 is 5.85. The van der Waals surface area contributed by atoms with Crippen LogP contribution in [-0.4, -0.2) is 18.2 Å². The summed E-state index contributed by atoms with van der Waals surface area (Å²) in [6.45, 7) is 0.364. The van der Waals surface area contributed by atoms with Crippen LogP contribution in [0, 0.1) is 0 Å². The molecule has 0 saturated heterocycles. The average molecular weight is 244 g/mol. The number of hydrogen-bond acceptors (Lipinski definition) is 3. The first kappa shape index (κ1) is 13.0. The lowest BCUT2D eigenvalue weighted by atomic mass is 9.99. The Balaban J connectivity index is 2.96. The molecule has 0 radical (unpaired) electrons. The normalized spacial score (nSPS) is 12.4. The molecule has 0 bridgehead atoms. The Morgan fingerprint density at radius 1 is 1.62 bits per heavy atom. The van der Waals surface area contributed by atoms with Gasteiger partial charge in [0, 0.05) is 18.2 Å². The molecule has 1 rings (SSSR count). The Morgan fingerprint density at radius 2 is 2.31 bits per heavy atom. The SMILES string of the molecule is COCc1cc(Cl)ccc1C(N)CC(=O)O. The highest BCUT2D eigenvalue weighted by atomic mass is 35.5. The van der Waals surface area contributed by atoms with Gasteiger partial charge in [0.1, 0.15) is 0 Å². The number of carboxylic acid groups (broad SMARTS) is 1. The summed E-state index contributed by atoms with van der Waals surface area (Å²) in [5.41, 5.74) is 7.38. The minimum Gasteiger partial charge on any atom is -0.481 e. The van der Waals surface area contributed by atoms with Crippen molar-refractivity contribution in [3.8, 4) is 0 Å². The maximum Gasteiger partial charge on any atom is 0.305 e. The smallest absolute Gasteiger partial charge is 0.305 e. The fraction of sp³-hybridized carbons (Fsp3) is 0.364. The van der Waals surface area contributed by atoms with Gasteiger partial charge in [-0.05, 0) is 23.3 Å². The summed E-state index contributed by atoms with van der Waals surface area (Å²) in [5.74, 6) is -0.925. The minimum atomic E-state index is -0.925. The van der Waals surface area contributed by atoms with Crippen molar-refractivity contribution < 1.29 is 14.6 Å². The molecule has 16 heavy (non-hydrogen) atoms. The van der Waals surface area contributed by atoms with Crippen LogP contribution in [0.2, 0.25) is 5.02 Å². The van der Waals surface area contributed by atoms with Crippen molar-refractivity contribution in [1.82, 2.24) is 0 Å². The van der Waals surface area contributed by atoms with E-state index in [4.69, 9.17) is 27.2 Å². The van der Waals surface area contributed by atoms with Crippen LogP contribution >= 0.6 is 11.6 Å². The highest BCUT2D eigenvalue weighted by Crippen LogP contribution is 2.23. The third-order valence-electron chi connectivity index (χ3n) is 2.20. The number of benzene rings is 1. The Labute approximate surface area is 99.0 Å². The molecule has 1 atom stereocenters. The van der Waals surface area contributed by atoms with Gasteiger partial charge in [-0.25, -0.2) is 0 Å². The molecule has 1 aromatic rings. The molecule has 1 aromatic carbocycles. The molecule has 0 amide bonds. The summed E-state index contributed by atoms with van der Waals surface area (Å²) in [6.07, 6.45) is -0.113. The maximum absolute atomic E-state index is 10.6. The van der Waals surface area contributed by atoms with E-state index in [-0.39, 0.29) is 6.42 Å². The van der Waals surface area contributed by atoms with Crippen LogP contribution in [0.1, 0.15) is 23.6 Å². The van der Waals surface area contributed by atoms with E-state index in [9.17, 15) is 4.79 Å². The molecule has 0 fully saturated rings. The number of ether oxygens (including phenoxy) is 1. The lowest BCUT2D eigenvalue weighted by Crippen LogP contribution is -2.17. The minimum absolute atomic E-state index is 0.113. The molecular weight excluding hydrogens is 230 g/mol. The number of hydrogen-bond donors (Lipinski definition) is 2. The van der Waals surface area contributed by atoms with E-state index in [1.807, 2.05) is 0 Å². The molecule has 0 aliphatic heterocycles. The second kappa shape index (κ2) is 5.84. The fourth-order valence-electron chi connectivity index (χ4n) is 1.51. The van der Waals surface area contributed by atoms with Gasteiger partial charge in [-0.3, -0.25) is 4.79 Å². The predicted octanol–water partition coefficient (Wildman–Crippen LogP) is 1.96. The lowest BCUT2D eigenvalue weighted by Gasteiger charge is -2.14. The van der Waals surface area contributed by atoms with Crippen molar-refractivity contribution >= 4 is 17.6 Å². The van der Waals surface area contributed by atoms with Gasteiger partial charge in [0.25, 0.3) is 0 Å². The fourth-order valence-corrected chi connectivity index (χ4v) is 1.71. The summed E-state index contributed by atoms with van der Waals surface area (Å²) < 4.78 is 5.02. The maximum atomic E-state index is 10.6. The van der Waals surface area contributed by atoms with Crippen LogP contribution in [0.25, 0.3) is 0 Å². The quantitative estimate of drug-likeness (QED) is 0.829. The number of methoxy groups -OCH3 is 1. The third kappa shape index (κ3) is 3.48. The monoisotopic (exact) mass is 243 g/mol. The highest BCUT2D eigenvalue weighted by Gasteiger charge is 2.14. The Hall–Kier alpha value is -1.10. The number of nitrogens with two attached hydrogens (primary N) is 1. The Morgan fingerprint density at radius 3 is 2.88 bits per heavy atom. The number of carbonyl (C=O) groups is 1. The first-order valence-electron chi connectivity index (χ1n) is 4.79. The largest absolute Gasteiger partial charge is 0.481 e. The standard InChI is InChI=1S/C11H14ClNO3/c1-16-6-7-4-8(12)2-3-9(7)10(13)5-11(14)15/h2-4,10H,5-6,13H2,1H3,(H,14,15). The van der Waals surface area contributed by atoms with Crippen LogP contribution in [0.5, 0.6) is 0 Å². The number of carboxylic acids is 1. The van der Waals surface area contributed by atoms with Gasteiger partial charge < -0.3 is 15.6 Å². The van der Waals surface area contributed by atoms with Gasteiger partial charge in [-0.2, -0.15) is 0 Å². The zero-order valence-corrected chi connectivity index (χ0v) is 9.70. The molecule has 0 heterocycles. The van der Waals surface area contributed by atoms with Gasteiger partial charge >= 0.3 is 5.97 Å². The molecule has 4 nitrogen and oxygen atoms in total. The van der Waals surface area contributed by atoms with Gasteiger partial charge in [0.2, 0.25) is 0 Å². The Bertz CT molecular complexity index is 381. The van der Waals surface area contributed by atoms with Crippen molar-refractivity contribution in [1.29, 1.82) is 0 Å². The van der Waals surface area contributed by atoms with Crippen LogP contribution in [-0.2, 0) is 16.1 Å². The summed E-state index contributed by atoms with van der Waals surface area (Å²) in [6, 6.07) is 4.63. The van der Waals surface area contributed by atoms with Crippen LogP contribution in [0.4, 0.5) is 0 Å². The van der Waals surface area contributed by atoms with E-state index >= 15 is 0 Å². The molecular formula is C11H14ClNO3. The van der Waals surface area contributed by atoms with E-state index in [0.29, 0.717) is 11.6 Å². The van der Waals surface area contributed by atoms with Gasteiger partial charge in [0.15, 0.2) is 0 Å². The molecule has 0 aromatic heterocycles. The molecule has 0 saturated carbocycles. The third-order valence-corrected chi connectivity index (χ3v) is 2.43. The average Bonchev–Trinajstić information content (AvgIpc) is 2.17. The second-order valence-electron chi connectivity index (χ2n) is 3.48.